The first kappa shape index (κ1) is 25.3. The minimum absolute atomic E-state index is 0.0187. The van der Waals surface area contributed by atoms with Crippen LogP contribution in [0, 0.1) is 0 Å². The topological polar surface area (TPSA) is 94.5 Å². The standard InChI is InChI=1S/C28H31NO7/c1-5-12-35-22-10-7-18(16-23(22)34-6-2)25-24(27(31)28(32)29(25)11-13-33-4)26(30)19-8-9-21-20(15-19)14-17(3)36-21/h5,7-10,15-17,25,30H,1,6,11-14H2,2-4H3/b26-24+/t17-,25+/m1/s1. The third-order valence-corrected chi connectivity index (χ3v) is 6.19. The van der Waals surface area contributed by atoms with Crippen molar-refractivity contribution >= 4 is 17.4 Å². The van der Waals surface area contributed by atoms with E-state index in [2.05, 4.69) is 6.58 Å². The Balaban J connectivity index is 1.83. The van der Waals surface area contributed by atoms with E-state index in [1.165, 1.54) is 12.0 Å². The Morgan fingerprint density at radius 1 is 1.19 bits per heavy atom. The zero-order valence-electron chi connectivity index (χ0n) is 20.8. The Labute approximate surface area is 210 Å². The first-order valence-electron chi connectivity index (χ1n) is 12.0. The molecular weight excluding hydrogens is 462 g/mol. The Morgan fingerprint density at radius 2 is 2.00 bits per heavy atom. The Hall–Kier alpha value is -3.78. The van der Waals surface area contributed by atoms with Gasteiger partial charge in [0.2, 0.25) is 0 Å². The van der Waals surface area contributed by atoms with E-state index in [0.29, 0.717) is 42.3 Å². The molecule has 1 saturated heterocycles. The SMILES string of the molecule is C=CCOc1ccc([C@H]2/C(=C(\O)c3ccc4c(c3)C[C@@H](C)O4)C(=O)C(=O)N2CCOC)cc1OCC. The first-order chi connectivity index (χ1) is 17.4. The summed E-state index contributed by atoms with van der Waals surface area (Å²) in [4.78, 5) is 27.7. The third kappa shape index (κ3) is 4.81. The number of aliphatic hydroxyl groups excluding tert-OH is 1. The van der Waals surface area contributed by atoms with Gasteiger partial charge in [0.1, 0.15) is 24.2 Å². The van der Waals surface area contributed by atoms with Gasteiger partial charge in [-0.3, -0.25) is 9.59 Å². The summed E-state index contributed by atoms with van der Waals surface area (Å²) >= 11 is 0. The van der Waals surface area contributed by atoms with E-state index in [1.807, 2.05) is 19.9 Å². The molecule has 2 aliphatic heterocycles. The summed E-state index contributed by atoms with van der Waals surface area (Å²) < 4.78 is 22.4. The summed E-state index contributed by atoms with van der Waals surface area (Å²) in [5.41, 5.74) is 2.03. The molecule has 2 aromatic carbocycles. The summed E-state index contributed by atoms with van der Waals surface area (Å²) in [5, 5.41) is 11.4. The molecule has 0 spiro atoms. The van der Waals surface area contributed by atoms with Gasteiger partial charge in [-0.25, -0.2) is 0 Å². The van der Waals surface area contributed by atoms with Crippen molar-refractivity contribution in [3.8, 4) is 17.2 Å². The molecule has 0 saturated carbocycles. The molecule has 0 radical (unpaired) electrons. The van der Waals surface area contributed by atoms with Crippen molar-refractivity contribution in [2.75, 3.05) is 33.5 Å². The number of aliphatic hydroxyl groups is 1. The molecule has 8 nitrogen and oxygen atoms in total. The van der Waals surface area contributed by atoms with Crippen LogP contribution in [0.5, 0.6) is 17.2 Å². The van der Waals surface area contributed by atoms with Crippen molar-refractivity contribution in [3.63, 3.8) is 0 Å². The van der Waals surface area contributed by atoms with Gasteiger partial charge in [0, 0.05) is 25.6 Å². The van der Waals surface area contributed by atoms with Gasteiger partial charge in [0.05, 0.1) is 24.8 Å². The van der Waals surface area contributed by atoms with Crippen LogP contribution in [0.3, 0.4) is 0 Å². The number of benzene rings is 2. The smallest absolute Gasteiger partial charge is 0.295 e. The van der Waals surface area contributed by atoms with Crippen LogP contribution in [0.15, 0.2) is 54.6 Å². The number of ketones is 1. The lowest BCUT2D eigenvalue weighted by molar-refractivity contribution is -0.140. The highest BCUT2D eigenvalue weighted by molar-refractivity contribution is 6.46. The summed E-state index contributed by atoms with van der Waals surface area (Å²) in [6.45, 7) is 8.60. The van der Waals surface area contributed by atoms with Crippen LogP contribution in [0.2, 0.25) is 0 Å². The van der Waals surface area contributed by atoms with Crippen molar-refractivity contribution in [1.29, 1.82) is 0 Å². The minimum atomic E-state index is -0.823. The van der Waals surface area contributed by atoms with Crippen molar-refractivity contribution < 1.29 is 33.6 Å². The monoisotopic (exact) mass is 493 g/mol. The Kier molecular flexibility index (Phi) is 7.64. The van der Waals surface area contributed by atoms with Crippen LogP contribution in [0.1, 0.15) is 36.6 Å². The summed E-state index contributed by atoms with van der Waals surface area (Å²) in [6, 6.07) is 9.70. The number of carbonyl (C=O) groups excluding carboxylic acids is 2. The average Bonchev–Trinajstić information content (AvgIpc) is 3.37. The molecule has 2 atom stereocenters. The van der Waals surface area contributed by atoms with Crippen LogP contribution in [0.4, 0.5) is 0 Å². The lowest BCUT2D eigenvalue weighted by atomic mass is 9.94. The number of hydrogen-bond donors (Lipinski definition) is 1. The number of methoxy groups -OCH3 is 1. The number of carbonyl (C=O) groups is 2. The molecule has 0 unspecified atom stereocenters. The maximum Gasteiger partial charge on any atom is 0.295 e. The van der Waals surface area contributed by atoms with Gasteiger partial charge >= 0.3 is 0 Å². The first-order valence-corrected chi connectivity index (χ1v) is 12.0. The second-order valence-corrected chi connectivity index (χ2v) is 8.68. The van der Waals surface area contributed by atoms with Gasteiger partial charge in [0.25, 0.3) is 11.7 Å². The van der Waals surface area contributed by atoms with E-state index >= 15 is 0 Å². The van der Waals surface area contributed by atoms with Crippen LogP contribution in [-0.4, -0.2) is 61.3 Å². The molecule has 4 rings (SSSR count). The Bertz CT molecular complexity index is 1200. The number of amides is 1. The van der Waals surface area contributed by atoms with E-state index in [4.69, 9.17) is 18.9 Å². The zero-order chi connectivity index (χ0) is 25.8. The van der Waals surface area contributed by atoms with Crippen molar-refractivity contribution in [1.82, 2.24) is 4.90 Å². The van der Waals surface area contributed by atoms with E-state index in [1.54, 1.807) is 36.4 Å². The van der Waals surface area contributed by atoms with Gasteiger partial charge in [-0.15, -0.1) is 0 Å². The normalized spacial score (nSPS) is 20.2. The van der Waals surface area contributed by atoms with Crippen molar-refractivity contribution in [3.05, 3.63) is 71.3 Å². The molecule has 36 heavy (non-hydrogen) atoms. The number of Topliss-reactive ketones (excluding diaryl/α,β-unsaturated/α-hetero) is 1. The molecule has 0 bridgehead atoms. The Morgan fingerprint density at radius 3 is 2.72 bits per heavy atom. The lowest BCUT2D eigenvalue weighted by Crippen LogP contribution is -2.32. The van der Waals surface area contributed by atoms with Crippen molar-refractivity contribution in [2.45, 2.75) is 32.4 Å². The van der Waals surface area contributed by atoms with E-state index in [-0.39, 0.29) is 30.6 Å². The predicted octanol–water partition coefficient (Wildman–Crippen LogP) is 4.04. The number of hydrogen-bond acceptors (Lipinski definition) is 7. The number of nitrogens with zero attached hydrogens (tertiary/aromatic N) is 1. The maximum absolute atomic E-state index is 13.2. The van der Waals surface area contributed by atoms with E-state index in [9.17, 15) is 14.7 Å². The molecule has 0 aliphatic carbocycles. The number of fused-ring (bicyclic) bond motifs is 1. The second kappa shape index (κ2) is 10.9. The van der Waals surface area contributed by atoms with Gasteiger partial charge in [-0.1, -0.05) is 18.7 Å². The molecule has 1 fully saturated rings. The highest BCUT2D eigenvalue weighted by atomic mass is 16.5. The van der Waals surface area contributed by atoms with Gasteiger partial charge < -0.3 is 29.0 Å². The molecule has 190 valence electrons. The van der Waals surface area contributed by atoms with Crippen LogP contribution >= 0.6 is 0 Å². The third-order valence-electron chi connectivity index (χ3n) is 6.19. The van der Waals surface area contributed by atoms with Gasteiger partial charge in [0.15, 0.2) is 11.5 Å². The lowest BCUT2D eigenvalue weighted by Gasteiger charge is -2.26. The fourth-order valence-corrected chi connectivity index (χ4v) is 4.60. The highest BCUT2D eigenvalue weighted by Crippen LogP contribution is 2.42. The molecule has 8 heteroatoms. The zero-order valence-corrected chi connectivity index (χ0v) is 20.8. The average molecular weight is 494 g/mol. The van der Waals surface area contributed by atoms with E-state index < -0.39 is 17.7 Å². The molecule has 1 N–H and O–H groups in total. The molecule has 2 heterocycles. The highest BCUT2D eigenvalue weighted by Gasteiger charge is 2.46. The van der Waals surface area contributed by atoms with Crippen LogP contribution < -0.4 is 14.2 Å². The molecule has 2 aromatic rings. The molecule has 1 amide bonds. The number of ether oxygens (including phenoxy) is 4. The second-order valence-electron chi connectivity index (χ2n) is 8.68. The van der Waals surface area contributed by atoms with E-state index in [0.717, 1.165) is 11.3 Å². The predicted molar refractivity (Wildman–Crippen MR) is 134 cm³/mol. The van der Waals surface area contributed by atoms with Crippen LogP contribution in [0.25, 0.3) is 5.76 Å². The largest absolute Gasteiger partial charge is 0.507 e. The maximum atomic E-state index is 13.2. The fraction of sp³-hybridized carbons (Fsp3) is 0.357. The summed E-state index contributed by atoms with van der Waals surface area (Å²) in [7, 11) is 1.53. The summed E-state index contributed by atoms with van der Waals surface area (Å²) in [5.74, 6) is 0.0726. The van der Waals surface area contributed by atoms with Gasteiger partial charge in [-0.05, 0) is 55.3 Å². The van der Waals surface area contributed by atoms with Gasteiger partial charge in [-0.2, -0.15) is 0 Å². The minimum Gasteiger partial charge on any atom is -0.507 e. The quantitative estimate of drug-likeness (QED) is 0.231. The van der Waals surface area contributed by atoms with Crippen LogP contribution in [-0.2, 0) is 20.7 Å². The molecular formula is C28H31NO7. The number of likely N-dealkylation sites (tertiary alicyclic amines) is 1. The fourth-order valence-electron chi connectivity index (χ4n) is 4.60. The molecule has 0 aromatic heterocycles. The summed E-state index contributed by atoms with van der Waals surface area (Å²) in [6.07, 6.45) is 2.37. The molecule has 2 aliphatic rings. The number of rotatable bonds is 10. The van der Waals surface area contributed by atoms with Crippen molar-refractivity contribution in [2.24, 2.45) is 0 Å².